The predicted octanol–water partition coefficient (Wildman–Crippen LogP) is 3.85. The standard InChI is InChI=1S/C32H38FN6O9PS2/c33-26-18-25(6-4-21(26)19-37)48-49(41,42)20-38-51(43,44)30-17-22-14-24(5-7-29(22)50-30)39-32(40)23-15-27(45-11-1-8-34)31(47-13-3-10-36)28(16-23)46-12-2-9-35/h4-7,14-18,38H,1-3,8-13,20,34-36H2,(H,39,40)(H,41,42). The fraction of sp³-hybridized carbons (Fsp3) is 0.312. The lowest BCUT2D eigenvalue weighted by molar-refractivity contribution is 0.102. The molecular weight excluding hydrogens is 726 g/mol. The maximum atomic E-state index is 13.9. The molecule has 1 heterocycles. The number of hydrogen-bond acceptors (Lipinski definition) is 13. The minimum Gasteiger partial charge on any atom is -0.489 e. The van der Waals surface area contributed by atoms with Gasteiger partial charge in [0.1, 0.15) is 28.1 Å². The van der Waals surface area contributed by atoms with Crippen molar-refractivity contribution in [1.29, 1.82) is 5.26 Å². The number of fused-ring (bicyclic) bond motifs is 1. The van der Waals surface area contributed by atoms with Gasteiger partial charge in [-0.25, -0.2) is 17.4 Å². The minimum absolute atomic E-state index is 0.172. The average Bonchev–Trinajstić information content (AvgIpc) is 3.53. The Kier molecular flexibility index (Phi) is 14.1. The van der Waals surface area contributed by atoms with E-state index in [9.17, 15) is 27.1 Å². The van der Waals surface area contributed by atoms with Crippen molar-refractivity contribution < 1.29 is 45.8 Å². The summed E-state index contributed by atoms with van der Waals surface area (Å²) in [5, 5.41) is 12.1. The number of sulfonamides is 1. The topological polar surface area (TPSA) is 251 Å². The Labute approximate surface area is 298 Å². The zero-order chi connectivity index (χ0) is 37.0. The minimum atomic E-state index is -4.62. The van der Waals surface area contributed by atoms with Crippen molar-refractivity contribution in [2.45, 2.75) is 23.5 Å². The molecular formula is C32H38FN6O9PS2. The molecule has 1 aromatic heterocycles. The second-order valence-electron chi connectivity index (χ2n) is 10.8. The number of nitriles is 1. The number of benzene rings is 3. The Balaban J connectivity index is 1.51. The average molecular weight is 765 g/mol. The summed E-state index contributed by atoms with van der Waals surface area (Å²) < 4.78 is 77.6. The molecule has 3 aromatic carbocycles. The molecule has 0 saturated carbocycles. The zero-order valence-corrected chi connectivity index (χ0v) is 29.8. The molecule has 15 nitrogen and oxygen atoms in total. The molecule has 4 rings (SSSR count). The normalized spacial score (nSPS) is 12.5. The number of carbonyl (C=O) groups is 1. The number of thiophene rings is 1. The van der Waals surface area contributed by atoms with Gasteiger partial charge in [0.05, 0.1) is 25.4 Å². The Morgan fingerprint density at radius 1 is 0.922 bits per heavy atom. The number of nitrogens with zero attached hydrogens (tertiary/aromatic N) is 1. The van der Waals surface area contributed by atoms with Crippen molar-refractivity contribution in [3.8, 4) is 29.1 Å². The van der Waals surface area contributed by atoms with Crippen molar-refractivity contribution in [2.75, 3.05) is 51.1 Å². The molecule has 0 saturated heterocycles. The van der Waals surface area contributed by atoms with Crippen LogP contribution in [-0.4, -0.2) is 65.0 Å². The summed E-state index contributed by atoms with van der Waals surface area (Å²) in [6.07, 6.45) is 0.681. The van der Waals surface area contributed by atoms with Crippen molar-refractivity contribution in [2.24, 2.45) is 17.2 Å². The fourth-order valence-electron chi connectivity index (χ4n) is 4.36. The van der Waals surface area contributed by atoms with Gasteiger partial charge in [-0.3, -0.25) is 4.79 Å². The van der Waals surface area contributed by atoms with E-state index in [1.807, 2.05) is 4.72 Å². The highest BCUT2D eigenvalue weighted by atomic mass is 32.2. The van der Waals surface area contributed by atoms with E-state index in [-0.39, 0.29) is 45.8 Å². The fourth-order valence-corrected chi connectivity index (χ4v) is 8.29. The van der Waals surface area contributed by atoms with Crippen molar-refractivity contribution >= 4 is 50.6 Å². The summed E-state index contributed by atoms with van der Waals surface area (Å²) in [4.78, 5) is 23.7. The second kappa shape index (κ2) is 18.3. The number of rotatable bonds is 20. The summed E-state index contributed by atoms with van der Waals surface area (Å²) in [6, 6.07) is 13.7. The van der Waals surface area contributed by atoms with Gasteiger partial charge in [-0.05, 0) is 92.8 Å². The highest BCUT2D eigenvalue weighted by Gasteiger charge is 2.27. The van der Waals surface area contributed by atoms with E-state index in [0.717, 1.165) is 29.5 Å². The molecule has 4 aromatic rings. The Morgan fingerprint density at radius 2 is 1.55 bits per heavy atom. The summed E-state index contributed by atoms with van der Waals surface area (Å²) in [7, 11) is -8.92. The summed E-state index contributed by atoms with van der Waals surface area (Å²) in [5.41, 5.74) is 17.1. The monoisotopic (exact) mass is 764 g/mol. The lowest BCUT2D eigenvalue weighted by atomic mass is 10.1. The van der Waals surface area contributed by atoms with Crippen LogP contribution in [0.3, 0.4) is 0 Å². The van der Waals surface area contributed by atoms with Crippen LogP contribution in [0.1, 0.15) is 35.2 Å². The molecule has 0 bridgehead atoms. The molecule has 9 N–H and O–H groups in total. The SMILES string of the molecule is N#Cc1ccc(OP(=O)(O)CNS(=O)(=O)c2cc3cc(NC(=O)c4cc(OCCCN)c(OCCCN)c(OCCCN)c4)ccc3s2)cc1F. The molecule has 19 heteroatoms. The number of anilines is 1. The highest BCUT2D eigenvalue weighted by molar-refractivity contribution is 7.92. The first kappa shape index (κ1) is 39.5. The van der Waals surface area contributed by atoms with E-state index >= 15 is 0 Å². The number of ether oxygens (including phenoxy) is 3. The predicted molar refractivity (Wildman–Crippen MR) is 190 cm³/mol. The van der Waals surface area contributed by atoms with Gasteiger partial charge in [0.25, 0.3) is 15.9 Å². The van der Waals surface area contributed by atoms with E-state index < -0.39 is 35.6 Å². The Bertz CT molecular complexity index is 2010. The van der Waals surface area contributed by atoms with Gasteiger partial charge >= 0.3 is 7.60 Å². The van der Waals surface area contributed by atoms with Gasteiger partial charge in [0.15, 0.2) is 11.5 Å². The van der Waals surface area contributed by atoms with E-state index in [1.54, 1.807) is 24.3 Å². The summed E-state index contributed by atoms with van der Waals surface area (Å²) in [5.74, 6) is -0.941. The van der Waals surface area contributed by atoms with Crippen LogP contribution < -0.4 is 46.0 Å². The molecule has 0 aliphatic carbocycles. The molecule has 1 atom stereocenters. The maximum Gasteiger partial charge on any atom is 0.391 e. The van der Waals surface area contributed by atoms with Crippen molar-refractivity contribution in [3.05, 3.63) is 71.5 Å². The van der Waals surface area contributed by atoms with E-state index in [0.29, 0.717) is 67.0 Å². The van der Waals surface area contributed by atoms with Gasteiger partial charge in [-0.15, -0.1) is 11.3 Å². The maximum absolute atomic E-state index is 13.9. The van der Waals surface area contributed by atoms with Crippen LogP contribution in [0.25, 0.3) is 10.1 Å². The third-order valence-corrected chi connectivity index (χ3v) is 11.1. The first-order valence-electron chi connectivity index (χ1n) is 15.6. The second-order valence-corrected chi connectivity index (χ2v) is 15.7. The molecule has 0 fully saturated rings. The molecule has 1 amide bonds. The van der Waals surface area contributed by atoms with Crippen LogP contribution in [-0.2, 0) is 14.6 Å². The third kappa shape index (κ3) is 11.1. The van der Waals surface area contributed by atoms with Gasteiger partial charge in [0, 0.05) is 22.0 Å². The van der Waals surface area contributed by atoms with E-state index in [1.165, 1.54) is 18.2 Å². The number of halogens is 1. The first-order chi connectivity index (χ1) is 24.4. The van der Waals surface area contributed by atoms with Gasteiger partial charge < -0.3 is 46.1 Å². The van der Waals surface area contributed by atoms with Crippen LogP contribution in [0.2, 0.25) is 0 Å². The molecule has 0 aliphatic rings. The largest absolute Gasteiger partial charge is 0.489 e. The Morgan fingerprint density at radius 3 is 2.14 bits per heavy atom. The molecule has 1 unspecified atom stereocenters. The summed E-state index contributed by atoms with van der Waals surface area (Å²) in [6.45, 7) is 2.04. The van der Waals surface area contributed by atoms with Crippen LogP contribution in [0.15, 0.2) is 58.8 Å². The van der Waals surface area contributed by atoms with Gasteiger partial charge in [-0.2, -0.15) is 9.98 Å². The van der Waals surface area contributed by atoms with Crippen molar-refractivity contribution in [3.63, 3.8) is 0 Å². The smallest absolute Gasteiger partial charge is 0.391 e. The third-order valence-electron chi connectivity index (χ3n) is 6.87. The molecule has 0 spiro atoms. The lowest BCUT2D eigenvalue weighted by Crippen LogP contribution is -2.25. The lowest BCUT2D eigenvalue weighted by Gasteiger charge is -2.18. The van der Waals surface area contributed by atoms with Gasteiger partial charge in [-0.1, -0.05) is 0 Å². The summed E-state index contributed by atoms with van der Waals surface area (Å²) >= 11 is 0.893. The molecule has 274 valence electrons. The quantitative estimate of drug-likeness (QED) is 0.0553. The van der Waals surface area contributed by atoms with Crippen LogP contribution >= 0.6 is 18.9 Å². The Hall–Kier alpha value is -4.31. The van der Waals surface area contributed by atoms with Crippen LogP contribution in [0.4, 0.5) is 10.1 Å². The highest BCUT2D eigenvalue weighted by Crippen LogP contribution is 2.43. The number of amides is 1. The molecule has 0 aliphatic heterocycles. The molecule has 51 heavy (non-hydrogen) atoms. The van der Waals surface area contributed by atoms with E-state index in [4.69, 9.17) is 41.2 Å². The van der Waals surface area contributed by atoms with E-state index in [2.05, 4.69) is 5.32 Å². The number of hydrogen-bond donors (Lipinski definition) is 6. The van der Waals surface area contributed by atoms with Gasteiger partial charge in [0.2, 0.25) is 5.75 Å². The van der Waals surface area contributed by atoms with Crippen LogP contribution in [0.5, 0.6) is 23.0 Å². The zero-order valence-electron chi connectivity index (χ0n) is 27.3. The van der Waals surface area contributed by atoms with Crippen LogP contribution in [0, 0.1) is 17.1 Å². The number of carbonyl (C=O) groups excluding carboxylic acids is 1. The number of nitrogens with two attached hydrogens (primary N) is 3. The molecule has 0 radical (unpaired) electrons. The number of nitrogens with one attached hydrogen (secondary N) is 2. The first-order valence-corrected chi connectivity index (χ1v) is 19.7. The van der Waals surface area contributed by atoms with Crippen molar-refractivity contribution in [1.82, 2.24) is 4.72 Å².